The lowest BCUT2D eigenvalue weighted by molar-refractivity contribution is -0.114. The maximum atomic E-state index is 12.1. The van der Waals surface area contributed by atoms with E-state index >= 15 is 0 Å². The Hall–Kier alpha value is -2.74. The van der Waals surface area contributed by atoms with Gasteiger partial charge in [-0.05, 0) is 45.0 Å². The second kappa shape index (κ2) is 8.93. The monoisotopic (exact) mass is 343 g/mol. The van der Waals surface area contributed by atoms with Crippen molar-refractivity contribution in [3.05, 3.63) is 35.7 Å². The Balaban J connectivity index is 1.97. The molecule has 0 atom stereocenters. The summed E-state index contributed by atoms with van der Waals surface area (Å²) in [5.41, 5.74) is 6.41. The molecule has 1 amide bonds. The van der Waals surface area contributed by atoms with Crippen LogP contribution in [0, 0.1) is 10.8 Å². The normalized spacial score (nSPS) is 19.5. The highest BCUT2D eigenvalue weighted by atomic mass is 16.1. The number of amides is 1. The van der Waals surface area contributed by atoms with E-state index in [0.717, 1.165) is 19.6 Å². The summed E-state index contributed by atoms with van der Waals surface area (Å²) in [6, 6.07) is 0. The van der Waals surface area contributed by atoms with Crippen LogP contribution in [0.3, 0.4) is 0 Å². The van der Waals surface area contributed by atoms with Gasteiger partial charge in [0.25, 0.3) is 5.91 Å². The topological polar surface area (TPSA) is 130 Å². The molecule has 6 N–H and O–H groups in total. The molecule has 8 heteroatoms. The molecular weight excluding hydrogens is 318 g/mol. The summed E-state index contributed by atoms with van der Waals surface area (Å²) >= 11 is 0. The average Bonchev–Trinajstić information content (AvgIpc) is 3.08. The first kappa shape index (κ1) is 18.6. The summed E-state index contributed by atoms with van der Waals surface area (Å²) in [5, 5.41) is 21.5. The molecule has 1 fully saturated rings. The lowest BCUT2D eigenvalue weighted by Crippen LogP contribution is -2.36. The number of hydrogen-bond donors (Lipinski definition) is 5. The van der Waals surface area contributed by atoms with Crippen LogP contribution in [0.2, 0.25) is 0 Å². The van der Waals surface area contributed by atoms with Gasteiger partial charge in [0.15, 0.2) is 5.84 Å². The molecule has 1 saturated heterocycles. The molecule has 0 aromatic carbocycles. The number of allylic oxidation sites excluding steroid dienone is 3. The Morgan fingerprint density at radius 3 is 2.68 bits per heavy atom. The lowest BCUT2D eigenvalue weighted by atomic mass is 10.1. The van der Waals surface area contributed by atoms with Gasteiger partial charge in [-0.3, -0.25) is 15.6 Å². The van der Waals surface area contributed by atoms with E-state index in [1.807, 2.05) is 0 Å². The Bertz CT molecular complexity index is 666. The van der Waals surface area contributed by atoms with Crippen molar-refractivity contribution in [1.29, 1.82) is 10.8 Å². The van der Waals surface area contributed by atoms with Gasteiger partial charge in [0.05, 0.1) is 11.3 Å². The number of dihydropyridines is 1. The van der Waals surface area contributed by atoms with Crippen LogP contribution in [0.5, 0.6) is 0 Å². The quantitative estimate of drug-likeness (QED) is 0.355. The van der Waals surface area contributed by atoms with Gasteiger partial charge in [0.1, 0.15) is 11.5 Å². The van der Waals surface area contributed by atoms with E-state index in [9.17, 15) is 4.79 Å². The van der Waals surface area contributed by atoms with Crippen molar-refractivity contribution in [1.82, 2.24) is 15.5 Å². The number of hydrogen-bond acceptors (Lipinski definition) is 5. The number of carbonyl (C=O) groups excluding carboxylic acids is 1. The van der Waals surface area contributed by atoms with Crippen molar-refractivity contribution in [2.45, 2.75) is 19.8 Å². The molecule has 0 radical (unpaired) electrons. The molecular formula is C17H25N7O. The molecule has 0 bridgehead atoms. The third-order valence-corrected chi connectivity index (χ3v) is 4.00. The van der Waals surface area contributed by atoms with Gasteiger partial charge in [-0.15, -0.1) is 0 Å². The van der Waals surface area contributed by atoms with Crippen molar-refractivity contribution in [3.63, 3.8) is 0 Å². The average molecular weight is 343 g/mol. The lowest BCUT2D eigenvalue weighted by Gasteiger charge is -2.15. The van der Waals surface area contributed by atoms with Gasteiger partial charge < -0.3 is 21.3 Å². The summed E-state index contributed by atoms with van der Waals surface area (Å²) in [6.07, 6.45) is 9.36. The van der Waals surface area contributed by atoms with Crippen LogP contribution in [-0.2, 0) is 4.79 Å². The maximum Gasteiger partial charge on any atom is 0.265 e. The fraction of sp³-hybridized carbons (Fsp3) is 0.412. The number of carbonyl (C=O) groups is 1. The molecule has 134 valence electrons. The van der Waals surface area contributed by atoms with Crippen molar-refractivity contribution >= 4 is 23.3 Å². The summed E-state index contributed by atoms with van der Waals surface area (Å²) in [6.45, 7) is 5.08. The predicted octanol–water partition coefficient (Wildman–Crippen LogP) is 0.500. The van der Waals surface area contributed by atoms with E-state index in [2.05, 4.69) is 20.5 Å². The maximum absolute atomic E-state index is 12.1. The molecule has 0 unspecified atom stereocenters. The number of nitrogens with two attached hydrogens (primary N) is 1. The Morgan fingerprint density at radius 2 is 2.08 bits per heavy atom. The van der Waals surface area contributed by atoms with E-state index < -0.39 is 0 Å². The second-order valence-electron chi connectivity index (χ2n) is 5.92. The minimum Gasteiger partial charge on any atom is -0.384 e. The highest BCUT2D eigenvalue weighted by molar-refractivity contribution is 6.41. The van der Waals surface area contributed by atoms with E-state index in [0.29, 0.717) is 12.2 Å². The van der Waals surface area contributed by atoms with Gasteiger partial charge >= 0.3 is 0 Å². The third kappa shape index (κ3) is 5.39. The molecule has 0 saturated carbocycles. The van der Waals surface area contributed by atoms with Gasteiger partial charge in [0, 0.05) is 19.3 Å². The van der Waals surface area contributed by atoms with E-state index in [1.165, 1.54) is 12.8 Å². The van der Waals surface area contributed by atoms with Crippen molar-refractivity contribution in [3.8, 4) is 0 Å². The van der Waals surface area contributed by atoms with Crippen LogP contribution in [0.25, 0.3) is 0 Å². The zero-order valence-electron chi connectivity index (χ0n) is 14.4. The standard InChI is InChI=1S/C17H25N7O/c1-12(17(25)22-8-11-24-9-4-5-10-24)23-16(20)14(15(18)19)13-6-2-3-7-21-13/h2-3,6-7,20-21H,4-5,8-11H2,1H3,(H3,18,19)(H,22,25). The van der Waals surface area contributed by atoms with E-state index in [4.69, 9.17) is 16.6 Å². The zero-order chi connectivity index (χ0) is 18.2. The Labute approximate surface area is 147 Å². The molecule has 0 aromatic heterocycles. The molecule has 25 heavy (non-hydrogen) atoms. The first-order valence-corrected chi connectivity index (χ1v) is 8.32. The summed E-state index contributed by atoms with van der Waals surface area (Å²) < 4.78 is 0. The number of likely N-dealkylation sites (tertiary alicyclic amines) is 1. The van der Waals surface area contributed by atoms with Crippen LogP contribution in [0.15, 0.2) is 40.7 Å². The molecule has 0 aromatic rings. The number of aliphatic imine (C=N–C) groups is 1. The third-order valence-electron chi connectivity index (χ3n) is 4.00. The summed E-state index contributed by atoms with van der Waals surface area (Å²) in [4.78, 5) is 18.5. The molecule has 8 nitrogen and oxygen atoms in total. The van der Waals surface area contributed by atoms with Crippen molar-refractivity contribution in [2.75, 3.05) is 26.2 Å². The highest BCUT2D eigenvalue weighted by Crippen LogP contribution is 2.09. The molecule has 2 rings (SSSR count). The molecule has 0 spiro atoms. The molecule has 0 aliphatic carbocycles. The Morgan fingerprint density at radius 1 is 1.36 bits per heavy atom. The fourth-order valence-corrected chi connectivity index (χ4v) is 2.69. The van der Waals surface area contributed by atoms with Gasteiger partial charge in [0.2, 0.25) is 0 Å². The largest absolute Gasteiger partial charge is 0.384 e. The van der Waals surface area contributed by atoms with E-state index in [1.54, 1.807) is 31.4 Å². The minimum absolute atomic E-state index is 0.157. The van der Waals surface area contributed by atoms with Crippen LogP contribution in [0.4, 0.5) is 0 Å². The smallest absolute Gasteiger partial charge is 0.265 e. The van der Waals surface area contributed by atoms with Gasteiger partial charge in [-0.25, -0.2) is 4.99 Å². The van der Waals surface area contributed by atoms with Gasteiger partial charge in [-0.1, -0.05) is 6.08 Å². The van der Waals surface area contributed by atoms with Gasteiger partial charge in [-0.2, -0.15) is 0 Å². The van der Waals surface area contributed by atoms with Crippen molar-refractivity contribution < 1.29 is 4.79 Å². The fourth-order valence-electron chi connectivity index (χ4n) is 2.69. The first-order valence-electron chi connectivity index (χ1n) is 8.32. The minimum atomic E-state index is -0.316. The summed E-state index contributed by atoms with van der Waals surface area (Å²) in [5.74, 6) is -0.815. The van der Waals surface area contributed by atoms with Crippen LogP contribution in [-0.4, -0.2) is 54.4 Å². The number of nitrogens with zero attached hydrogens (tertiary/aromatic N) is 2. The molecule has 2 aliphatic heterocycles. The van der Waals surface area contributed by atoms with Crippen LogP contribution < -0.4 is 16.4 Å². The number of rotatable bonds is 6. The first-order chi connectivity index (χ1) is 12.0. The molecule has 2 aliphatic rings. The Kier molecular flexibility index (Phi) is 6.64. The predicted molar refractivity (Wildman–Crippen MR) is 99.9 cm³/mol. The highest BCUT2D eigenvalue weighted by Gasteiger charge is 2.16. The number of nitrogens with one attached hydrogen (secondary N) is 4. The van der Waals surface area contributed by atoms with E-state index in [-0.39, 0.29) is 28.9 Å². The van der Waals surface area contributed by atoms with Crippen LogP contribution in [0.1, 0.15) is 19.8 Å². The SMILES string of the molecule is CC(=NC(=N)C(C(=N)N)=C1C=CC=CN1)C(=O)NCCN1CCCC1. The number of amidine groups is 2. The van der Waals surface area contributed by atoms with Crippen LogP contribution >= 0.6 is 0 Å². The zero-order valence-corrected chi connectivity index (χ0v) is 14.4. The second-order valence-corrected chi connectivity index (χ2v) is 5.92. The summed E-state index contributed by atoms with van der Waals surface area (Å²) in [7, 11) is 0. The molecule has 2 heterocycles. The van der Waals surface area contributed by atoms with Crippen molar-refractivity contribution in [2.24, 2.45) is 10.7 Å².